The molecule has 0 bridgehead atoms. The molecule has 1 amide bonds. The fourth-order valence-electron chi connectivity index (χ4n) is 2.44. The molecule has 0 aliphatic rings. The molecule has 0 heterocycles. The minimum Gasteiger partial charge on any atom is -0.497 e. The Balaban J connectivity index is 2.07. The summed E-state index contributed by atoms with van der Waals surface area (Å²) in [7, 11) is -1.72. The number of carbonyl (C=O) groups excluding carboxylic acids is 1. The molecule has 0 saturated carbocycles. The maximum Gasteiger partial charge on any atom is 0.251 e. The number of hydrogen-bond acceptors (Lipinski definition) is 4. The van der Waals surface area contributed by atoms with Crippen molar-refractivity contribution in [2.75, 3.05) is 17.6 Å². The predicted molar refractivity (Wildman–Crippen MR) is 103 cm³/mol. The van der Waals surface area contributed by atoms with E-state index in [9.17, 15) is 13.2 Å². The molecule has 26 heavy (non-hydrogen) atoms. The number of rotatable bonds is 8. The van der Waals surface area contributed by atoms with Gasteiger partial charge in [0.2, 0.25) is 10.0 Å². The van der Waals surface area contributed by atoms with Crippen LogP contribution in [0, 0.1) is 0 Å². The molecular formula is C19H24N2O4S. The number of sulfonamides is 1. The number of hydrogen-bond donors (Lipinski definition) is 2. The van der Waals surface area contributed by atoms with E-state index >= 15 is 0 Å². The Morgan fingerprint density at radius 3 is 2.15 bits per heavy atom. The van der Waals surface area contributed by atoms with E-state index in [4.69, 9.17) is 4.74 Å². The van der Waals surface area contributed by atoms with Gasteiger partial charge in [0.05, 0.1) is 18.9 Å². The first kappa shape index (κ1) is 19.8. The van der Waals surface area contributed by atoms with E-state index in [2.05, 4.69) is 10.0 Å². The lowest BCUT2D eigenvalue weighted by Gasteiger charge is -2.18. The van der Waals surface area contributed by atoms with Crippen molar-refractivity contribution in [3.63, 3.8) is 0 Å². The molecule has 2 N–H and O–H groups in total. The molecule has 2 aromatic rings. The molecule has 0 aliphatic heterocycles. The number of nitrogens with one attached hydrogen (secondary N) is 2. The Labute approximate surface area is 154 Å². The summed E-state index contributed by atoms with van der Waals surface area (Å²) >= 11 is 0. The fourth-order valence-corrected chi connectivity index (χ4v) is 3.08. The van der Waals surface area contributed by atoms with Crippen LogP contribution in [-0.2, 0) is 10.0 Å². The molecule has 0 saturated heterocycles. The van der Waals surface area contributed by atoms with E-state index in [-0.39, 0.29) is 17.7 Å². The predicted octanol–water partition coefficient (Wildman–Crippen LogP) is 3.34. The molecule has 0 spiro atoms. The molecule has 0 fully saturated rings. The second-order valence-electron chi connectivity index (χ2n) is 5.79. The van der Waals surface area contributed by atoms with Crippen LogP contribution in [0.25, 0.3) is 0 Å². The summed E-state index contributed by atoms with van der Waals surface area (Å²) in [5, 5.41) is 3.00. The highest BCUT2D eigenvalue weighted by molar-refractivity contribution is 7.92. The van der Waals surface area contributed by atoms with Crippen molar-refractivity contribution in [2.24, 2.45) is 0 Å². The first-order valence-electron chi connectivity index (χ1n) is 8.44. The first-order chi connectivity index (χ1) is 12.4. The lowest BCUT2D eigenvalue weighted by Crippen LogP contribution is -2.28. The monoisotopic (exact) mass is 376 g/mol. The number of amides is 1. The summed E-state index contributed by atoms with van der Waals surface area (Å²) in [4.78, 5) is 12.5. The standard InChI is InChI=1S/C19H24N2O4S/c1-4-18(14-8-12-17(25-3)13-9-14)20-19(22)15-6-10-16(11-7-15)21-26(23,24)5-2/h6-13,18,21H,4-5H2,1-3H3,(H,20,22). The third-order valence-corrected chi connectivity index (χ3v) is 5.34. The Morgan fingerprint density at radius 2 is 1.65 bits per heavy atom. The Morgan fingerprint density at radius 1 is 1.04 bits per heavy atom. The van der Waals surface area contributed by atoms with Crippen LogP contribution < -0.4 is 14.8 Å². The molecule has 2 rings (SSSR count). The molecule has 7 heteroatoms. The highest BCUT2D eigenvalue weighted by Crippen LogP contribution is 2.21. The summed E-state index contributed by atoms with van der Waals surface area (Å²) in [5.74, 6) is 0.549. The molecule has 1 unspecified atom stereocenters. The normalized spacial score (nSPS) is 12.3. The van der Waals surface area contributed by atoms with E-state index in [1.165, 1.54) is 0 Å². The first-order valence-corrected chi connectivity index (χ1v) is 10.1. The topological polar surface area (TPSA) is 84.5 Å². The van der Waals surface area contributed by atoms with Crippen LogP contribution in [0.3, 0.4) is 0 Å². The summed E-state index contributed by atoms with van der Waals surface area (Å²) in [6, 6.07) is 13.8. The van der Waals surface area contributed by atoms with Gasteiger partial charge in [-0.15, -0.1) is 0 Å². The van der Waals surface area contributed by atoms with Gasteiger partial charge in [0.25, 0.3) is 5.91 Å². The van der Waals surface area contributed by atoms with Crippen LogP contribution in [0.2, 0.25) is 0 Å². The van der Waals surface area contributed by atoms with Gasteiger partial charge in [-0.3, -0.25) is 9.52 Å². The molecular weight excluding hydrogens is 352 g/mol. The van der Waals surface area contributed by atoms with Gasteiger partial charge >= 0.3 is 0 Å². The maximum atomic E-state index is 12.5. The highest BCUT2D eigenvalue weighted by atomic mass is 32.2. The molecule has 0 aliphatic carbocycles. The quantitative estimate of drug-likeness (QED) is 0.740. The molecule has 140 valence electrons. The van der Waals surface area contributed by atoms with Gasteiger partial charge < -0.3 is 10.1 Å². The van der Waals surface area contributed by atoms with Gasteiger partial charge in [-0.1, -0.05) is 19.1 Å². The fraction of sp³-hybridized carbons (Fsp3) is 0.316. The third kappa shape index (κ3) is 5.23. The zero-order valence-corrected chi connectivity index (χ0v) is 16.0. The van der Waals surface area contributed by atoms with Crippen LogP contribution in [0.15, 0.2) is 48.5 Å². The Hall–Kier alpha value is -2.54. The number of ether oxygens (including phenoxy) is 1. The van der Waals surface area contributed by atoms with Crippen molar-refractivity contribution in [3.05, 3.63) is 59.7 Å². The van der Waals surface area contributed by atoms with Crippen molar-refractivity contribution in [1.29, 1.82) is 0 Å². The largest absolute Gasteiger partial charge is 0.497 e. The second-order valence-corrected chi connectivity index (χ2v) is 7.80. The van der Waals surface area contributed by atoms with E-state index in [0.717, 1.165) is 17.7 Å². The number of methoxy groups -OCH3 is 1. The van der Waals surface area contributed by atoms with Gasteiger partial charge in [-0.25, -0.2) is 8.42 Å². The highest BCUT2D eigenvalue weighted by Gasteiger charge is 2.15. The zero-order valence-electron chi connectivity index (χ0n) is 15.2. The lowest BCUT2D eigenvalue weighted by atomic mass is 10.0. The van der Waals surface area contributed by atoms with Gasteiger partial charge in [-0.05, 0) is 55.3 Å². The van der Waals surface area contributed by atoms with E-state index in [1.807, 2.05) is 31.2 Å². The SMILES string of the molecule is CCC(NC(=O)c1ccc(NS(=O)(=O)CC)cc1)c1ccc(OC)cc1. The number of carbonyl (C=O) groups is 1. The van der Waals surface area contributed by atoms with Crippen LogP contribution in [-0.4, -0.2) is 27.2 Å². The lowest BCUT2D eigenvalue weighted by molar-refractivity contribution is 0.0935. The van der Waals surface area contributed by atoms with Crippen LogP contribution in [0.4, 0.5) is 5.69 Å². The van der Waals surface area contributed by atoms with Crippen molar-refractivity contribution in [2.45, 2.75) is 26.3 Å². The molecule has 0 radical (unpaired) electrons. The van der Waals surface area contributed by atoms with E-state index in [1.54, 1.807) is 38.3 Å². The second kappa shape index (κ2) is 8.71. The Bertz CT molecular complexity index is 831. The third-order valence-electron chi connectivity index (χ3n) is 4.03. The summed E-state index contributed by atoms with van der Waals surface area (Å²) < 4.78 is 30.8. The average molecular weight is 376 g/mol. The van der Waals surface area contributed by atoms with Gasteiger partial charge in [0.15, 0.2) is 0 Å². The summed E-state index contributed by atoms with van der Waals surface area (Å²) in [5.41, 5.74) is 1.90. The van der Waals surface area contributed by atoms with E-state index < -0.39 is 10.0 Å². The summed E-state index contributed by atoms with van der Waals surface area (Å²) in [6.45, 7) is 3.56. The maximum absolute atomic E-state index is 12.5. The minimum atomic E-state index is -3.33. The van der Waals surface area contributed by atoms with Crippen molar-refractivity contribution in [3.8, 4) is 5.75 Å². The molecule has 6 nitrogen and oxygen atoms in total. The van der Waals surface area contributed by atoms with Crippen molar-refractivity contribution >= 4 is 21.6 Å². The van der Waals surface area contributed by atoms with Crippen molar-refractivity contribution in [1.82, 2.24) is 5.32 Å². The van der Waals surface area contributed by atoms with Gasteiger partial charge in [-0.2, -0.15) is 0 Å². The zero-order chi connectivity index (χ0) is 19.2. The van der Waals surface area contributed by atoms with Crippen molar-refractivity contribution < 1.29 is 17.9 Å². The average Bonchev–Trinajstić information content (AvgIpc) is 2.66. The smallest absolute Gasteiger partial charge is 0.251 e. The number of benzene rings is 2. The minimum absolute atomic E-state index is 0.00468. The van der Waals surface area contributed by atoms with Crippen LogP contribution in [0.5, 0.6) is 5.75 Å². The van der Waals surface area contributed by atoms with E-state index in [0.29, 0.717) is 11.3 Å². The van der Waals surface area contributed by atoms with Gasteiger partial charge in [0, 0.05) is 11.3 Å². The van der Waals surface area contributed by atoms with Gasteiger partial charge in [0.1, 0.15) is 5.75 Å². The van der Waals surface area contributed by atoms with Crippen LogP contribution in [0.1, 0.15) is 42.2 Å². The number of anilines is 1. The molecule has 2 aromatic carbocycles. The molecule has 0 aromatic heterocycles. The Kier molecular flexibility index (Phi) is 6.63. The van der Waals surface area contributed by atoms with Crippen LogP contribution >= 0.6 is 0 Å². The molecule has 1 atom stereocenters. The summed E-state index contributed by atoms with van der Waals surface area (Å²) in [6.07, 6.45) is 0.743.